The first-order valence-corrected chi connectivity index (χ1v) is 11.3. The number of amides is 2. The van der Waals surface area contributed by atoms with Crippen LogP contribution in [0.4, 0.5) is 4.39 Å². The second-order valence-corrected chi connectivity index (χ2v) is 9.35. The molecule has 0 aliphatic carbocycles. The summed E-state index contributed by atoms with van der Waals surface area (Å²) in [4.78, 5) is 27.2. The third kappa shape index (κ3) is 7.90. The molecule has 5 nitrogen and oxygen atoms in total. The summed E-state index contributed by atoms with van der Waals surface area (Å²) in [5.74, 6) is 0.740. The van der Waals surface area contributed by atoms with E-state index in [-0.39, 0.29) is 24.1 Å². The normalized spacial score (nSPS) is 12.2. The van der Waals surface area contributed by atoms with E-state index in [9.17, 15) is 14.0 Å². The van der Waals surface area contributed by atoms with Gasteiger partial charge < -0.3 is 15.0 Å². The van der Waals surface area contributed by atoms with E-state index in [4.69, 9.17) is 4.74 Å². The first-order chi connectivity index (χ1) is 14.6. The lowest BCUT2D eigenvalue weighted by Gasteiger charge is -2.31. The fourth-order valence-electron chi connectivity index (χ4n) is 2.93. The van der Waals surface area contributed by atoms with E-state index in [1.165, 1.54) is 22.7 Å². The van der Waals surface area contributed by atoms with Crippen molar-refractivity contribution in [2.75, 3.05) is 12.9 Å². The number of methoxy groups -OCH3 is 1. The summed E-state index contributed by atoms with van der Waals surface area (Å²) in [7, 11) is 1.61. The maximum Gasteiger partial charge on any atom is 0.242 e. The molecule has 0 saturated carbocycles. The highest BCUT2D eigenvalue weighted by molar-refractivity contribution is 7.99. The van der Waals surface area contributed by atoms with Crippen molar-refractivity contribution in [3.8, 4) is 5.75 Å². The number of hydrogen-bond donors (Lipinski definition) is 1. The van der Waals surface area contributed by atoms with Gasteiger partial charge in [0, 0.05) is 23.4 Å². The minimum absolute atomic E-state index is 0.0351. The third-order valence-electron chi connectivity index (χ3n) is 4.62. The van der Waals surface area contributed by atoms with Gasteiger partial charge in [-0.3, -0.25) is 9.59 Å². The molecule has 31 heavy (non-hydrogen) atoms. The van der Waals surface area contributed by atoms with Crippen LogP contribution in [-0.4, -0.2) is 41.2 Å². The van der Waals surface area contributed by atoms with Gasteiger partial charge in [-0.1, -0.05) is 30.3 Å². The van der Waals surface area contributed by atoms with Gasteiger partial charge in [-0.2, -0.15) is 0 Å². The monoisotopic (exact) mass is 446 g/mol. The maximum absolute atomic E-state index is 14.2. The first-order valence-electron chi connectivity index (χ1n) is 10.2. The SMILES string of the molecule is COc1ccc(CSCC(=O)N(Cc2ccccc2F)[C@@H](C)C(=O)NC(C)(C)C)cc1. The predicted octanol–water partition coefficient (Wildman–Crippen LogP) is 4.40. The Hall–Kier alpha value is -2.54. The van der Waals surface area contributed by atoms with Gasteiger partial charge in [-0.15, -0.1) is 11.8 Å². The summed E-state index contributed by atoms with van der Waals surface area (Å²) in [6.45, 7) is 7.35. The van der Waals surface area contributed by atoms with E-state index >= 15 is 0 Å². The van der Waals surface area contributed by atoms with Crippen molar-refractivity contribution in [1.82, 2.24) is 10.2 Å². The average Bonchev–Trinajstić information content (AvgIpc) is 2.72. The molecule has 0 saturated heterocycles. The molecule has 0 aromatic heterocycles. The minimum atomic E-state index is -0.729. The third-order valence-corrected chi connectivity index (χ3v) is 5.61. The van der Waals surface area contributed by atoms with Gasteiger partial charge in [0.2, 0.25) is 11.8 Å². The summed E-state index contributed by atoms with van der Waals surface area (Å²) < 4.78 is 19.4. The molecule has 7 heteroatoms. The number of carbonyl (C=O) groups excluding carboxylic acids is 2. The molecular weight excluding hydrogens is 415 g/mol. The van der Waals surface area contributed by atoms with Crippen LogP contribution in [0.2, 0.25) is 0 Å². The minimum Gasteiger partial charge on any atom is -0.497 e. The highest BCUT2D eigenvalue weighted by atomic mass is 32.2. The van der Waals surface area contributed by atoms with Crippen LogP contribution in [0.25, 0.3) is 0 Å². The van der Waals surface area contributed by atoms with Crippen LogP contribution in [0, 0.1) is 5.82 Å². The number of benzene rings is 2. The molecule has 0 spiro atoms. The summed E-state index contributed by atoms with van der Waals surface area (Å²) in [5, 5.41) is 2.90. The van der Waals surface area contributed by atoms with E-state index < -0.39 is 17.4 Å². The van der Waals surface area contributed by atoms with E-state index in [0.29, 0.717) is 11.3 Å². The molecule has 0 radical (unpaired) electrons. The zero-order valence-electron chi connectivity index (χ0n) is 18.8. The standard InChI is InChI=1S/C24H31FN2O3S/c1-17(23(29)26-24(2,3)4)27(14-19-8-6-7-9-21(19)25)22(28)16-31-15-18-10-12-20(30-5)13-11-18/h6-13,17H,14-16H2,1-5H3,(H,26,29)/t17-/m0/s1. The number of nitrogens with zero attached hydrogens (tertiary/aromatic N) is 1. The van der Waals surface area contributed by atoms with Crippen molar-refractivity contribution in [1.29, 1.82) is 0 Å². The summed E-state index contributed by atoms with van der Waals surface area (Å²) in [5.41, 5.74) is 1.02. The van der Waals surface area contributed by atoms with Crippen LogP contribution in [0.1, 0.15) is 38.8 Å². The van der Waals surface area contributed by atoms with E-state index in [2.05, 4.69) is 5.32 Å². The topological polar surface area (TPSA) is 58.6 Å². The molecule has 2 aromatic rings. The Morgan fingerprint density at radius 3 is 2.35 bits per heavy atom. The van der Waals surface area contributed by atoms with E-state index in [1.807, 2.05) is 45.0 Å². The van der Waals surface area contributed by atoms with Crippen LogP contribution >= 0.6 is 11.8 Å². The zero-order chi connectivity index (χ0) is 23.0. The molecule has 0 heterocycles. The number of rotatable bonds is 9. The fourth-order valence-corrected chi connectivity index (χ4v) is 3.80. The van der Waals surface area contributed by atoms with Crippen molar-refractivity contribution in [2.24, 2.45) is 0 Å². The summed E-state index contributed by atoms with van der Waals surface area (Å²) >= 11 is 1.46. The summed E-state index contributed by atoms with van der Waals surface area (Å²) in [6.07, 6.45) is 0. The highest BCUT2D eigenvalue weighted by Gasteiger charge is 2.28. The molecule has 168 valence electrons. The number of halogens is 1. The number of thioether (sulfide) groups is 1. The smallest absolute Gasteiger partial charge is 0.242 e. The van der Waals surface area contributed by atoms with Gasteiger partial charge in [0.05, 0.1) is 12.9 Å². The van der Waals surface area contributed by atoms with Gasteiger partial charge in [-0.05, 0) is 51.5 Å². The van der Waals surface area contributed by atoms with Gasteiger partial charge in [0.15, 0.2) is 0 Å². The second kappa shape index (κ2) is 11.2. The van der Waals surface area contributed by atoms with Crippen LogP contribution in [0.5, 0.6) is 5.75 Å². The van der Waals surface area contributed by atoms with Crippen molar-refractivity contribution >= 4 is 23.6 Å². The molecule has 2 aromatic carbocycles. The number of ether oxygens (including phenoxy) is 1. The van der Waals surface area contributed by atoms with Crippen molar-refractivity contribution in [3.05, 3.63) is 65.5 Å². The summed E-state index contributed by atoms with van der Waals surface area (Å²) in [6, 6.07) is 13.2. The highest BCUT2D eigenvalue weighted by Crippen LogP contribution is 2.19. The number of carbonyl (C=O) groups is 2. The van der Waals surface area contributed by atoms with Crippen molar-refractivity contribution in [2.45, 2.75) is 51.6 Å². The van der Waals surface area contributed by atoms with Gasteiger partial charge in [0.25, 0.3) is 0 Å². The zero-order valence-corrected chi connectivity index (χ0v) is 19.6. The van der Waals surface area contributed by atoms with Crippen molar-refractivity contribution in [3.63, 3.8) is 0 Å². The van der Waals surface area contributed by atoms with Gasteiger partial charge in [0.1, 0.15) is 17.6 Å². The lowest BCUT2D eigenvalue weighted by Crippen LogP contribution is -2.52. The Morgan fingerprint density at radius 2 is 1.77 bits per heavy atom. The Bertz CT molecular complexity index is 881. The maximum atomic E-state index is 14.2. The lowest BCUT2D eigenvalue weighted by atomic mass is 10.1. The van der Waals surface area contributed by atoms with Crippen LogP contribution in [0.15, 0.2) is 48.5 Å². The molecular formula is C24H31FN2O3S. The largest absolute Gasteiger partial charge is 0.497 e. The van der Waals surface area contributed by atoms with Gasteiger partial charge >= 0.3 is 0 Å². The van der Waals surface area contributed by atoms with E-state index in [1.54, 1.807) is 32.2 Å². The van der Waals surface area contributed by atoms with Crippen LogP contribution in [-0.2, 0) is 21.9 Å². The molecule has 2 amide bonds. The Kier molecular flexibility index (Phi) is 8.92. The Balaban J connectivity index is 2.09. The van der Waals surface area contributed by atoms with Crippen molar-refractivity contribution < 1.29 is 18.7 Å². The van der Waals surface area contributed by atoms with E-state index in [0.717, 1.165) is 11.3 Å². The fraction of sp³-hybridized carbons (Fsp3) is 0.417. The van der Waals surface area contributed by atoms with Crippen LogP contribution in [0.3, 0.4) is 0 Å². The lowest BCUT2D eigenvalue weighted by molar-refractivity contribution is -0.139. The average molecular weight is 447 g/mol. The molecule has 0 bridgehead atoms. The number of hydrogen-bond acceptors (Lipinski definition) is 4. The second-order valence-electron chi connectivity index (χ2n) is 8.37. The Morgan fingerprint density at radius 1 is 1.13 bits per heavy atom. The molecule has 0 aliphatic rings. The van der Waals surface area contributed by atoms with Gasteiger partial charge in [-0.25, -0.2) is 4.39 Å². The molecule has 1 atom stereocenters. The molecule has 0 unspecified atom stereocenters. The van der Waals surface area contributed by atoms with Crippen LogP contribution < -0.4 is 10.1 Å². The molecule has 0 aliphatic heterocycles. The quantitative estimate of drug-likeness (QED) is 0.620. The predicted molar refractivity (Wildman–Crippen MR) is 123 cm³/mol. The Labute approximate surface area is 188 Å². The number of nitrogens with one attached hydrogen (secondary N) is 1. The first kappa shape index (κ1) is 24.7. The molecule has 1 N–H and O–H groups in total. The molecule has 0 fully saturated rings. The molecule has 2 rings (SSSR count).